The van der Waals surface area contributed by atoms with E-state index in [2.05, 4.69) is 59.8 Å². The van der Waals surface area contributed by atoms with Crippen molar-refractivity contribution in [2.45, 2.75) is 17.3 Å². The lowest BCUT2D eigenvalue weighted by molar-refractivity contribution is 0.977. The molecular weight excluding hydrogens is 235 g/mol. The average Bonchev–Trinajstić information content (AvgIpc) is 1.88. The Morgan fingerprint density at radius 1 is 1.30 bits per heavy atom. The molecule has 0 heterocycles. The molecule has 0 radical (unpaired) electrons. The highest BCUT2D eigenvalue weighted by atomic mass is 127. The van der Waals surface area contributed by atoms with Crippen LogP contribution in [0.1, 0.15) is 12.5 Å². The van der Waals surface area contributed by atoms with Gasteiger partial charge in [-0.05, 0) is 12.0 Å². The number of halogens is 1. The van der Waals surface area contributed by atoms with Gasteiger partial charge >= 0.3 is 0 Å². The summed E-state index contributed by atoms with van der Waals surface area (Å²) in [7, 11) is 0. The molecule has 1 aromatic carbocycles. The minimum absolute atomic E-state index is 0.736. The van der Waals surface area contributed by atoms with Gasteiger partial charge in [-0.3, -0.25) is 0 Å². The normalized spacial score (nSPS) is 13.0. The van der Waals surface area contributed by atoms with E-state index in [0.717, 1.165) is 3.92 Å². The summed E-state index contributed by atoms with van der Waals surface area (Å²) in [4.78, 5) is 0. The van der Waals surface area contributed by atoms with Crippen molar-refractivity contribution in [3.63, 3.8) is 0 Å². The molecule has 0 nitrogen and oxygen atoms in total. The maximum Gasteiger partial charge on any atom is 0.0122 e. The van der Waals surface area contributed by atoms with Crippen LogP contribution in [0.25, 0.3) is 0 Å². The molecule has 1 rings (SSSR count). The summed E-state index contributed by atoms with van der Waals surface area (Å²) < 4.78 is 0.736. The second-order valence-corrected chi connectivity index (χ2v) is 4.60. The number of hydrogen-bond acceptors (Lipinski definition) is 0. The Balaban J connectivity index is 2.59. The molecule has 0 aliphatic heterocycles. The molecule has 0 aromatic heterocycles. The fourth-order valence-corrected chi connectivity index (χ4v) is 1.45. The summed E-state index contributed by atoms with van der Waals surface area (Å²) in [5.74, 6) is 0. The summed E-state index contributed by atoms with van der Waals surface area (Å²) in [6, 6.07) is 10.6. The summed E-state index contributed by atoms with van der Waals surface area (Å²) in [6.45, 7) is 2.23. The van der Waals surface area contributed by atoms with Crippen LogP contribution in [0.3, 0.4) is 0 Å². The van der Waals surface area contributed by atoms with Crippen molar-refractivity contribution < 1.29 is 0 Å². The van der Waals surface area contributed by atoms with Gasteiger partial charge in [0, 0.05) is 3.92 Å². The minimum Gasteiger partial charge on any atom is -0.0826 e. The molecule has 0 fully saturated rings. The predicted octanol–water partition coefficient (Wildman–Crippen LogP) is 3.05. The van der Waals surface area contributed by atoms with Crippen LogP contribution in [0, 0.1) is 0 Å². The van der Waals surface area contributed by atoms with Gasteiger partial charge in [0.2, 0.25) is 0 Å². The molecule has 0 aliphatic rings. The third-order valence-electron chi connectivity index (χ3n) is 1.36. The fourth-order valence-electron chi connectivity index (χ4n) is 0.939. The van der Waals surface area contributed by atoms with Crippen molar-refractivity contribution >= 4 is 22.6 Å². The van der Waals surface area contributed by atoms with E-state index in [1.54, 1.807) is 0 Å². The van der Waals surface area contributed by atoms with Gasteiger partial charge in [-0.2, -0.15) is 0 Å². The first-order chi connectivity index (χ1) is 4.79. The van der Waals surface area contributed by atoms with Gasteiger partial charge in [-0.15, -0.1) is 0 Å². The van der Waals surface area contributed by atoms with Gasteiger partial charge in [0.15, 0.2) is 0 Å². The third kappa shape index (κ3) is 2.69. The highest BCUT2D eigenvalue weighted by molar-refractivity contribution is 14.1. The molecule has 0 N–H and O–H groups in total. The standard InChI is InChI=1S/C9H11I/c1-8(10)7-9-5-3-2-4-6-9/h2-6,8H,7H2,1H3. The minimum atomic E-state index is 0.736. The number of rotatable bonds is 2. The lowest BCUT2D eigenvalue weighted by Gasteiger charge is -2.01. The van der Waals surface area contributed by atoms with Crippen LogP contribution < -0.4 is 0 Å². The zero-order valence-corrected chi connectivity index (χ0v) is 8.21. The molecule has 1 atom stereocenters. The Morgan fingerprint density at radius 2 is 1.90 bits per heavy atom. The lowest BCUT2D eigenvalue weighted by atomic mass is 10.1. The summed E-state index contributed by atoms with van der Waals surface area (Å²) in [5.41, 5.74) is 1.43. The topological polar surface area (TPSA) is 0 Å². The number of benzene rings is 1. The van der Waals surface area contributed by atoms with E-state index in [9.17, 15) is 0 Å². The Hall–Kier alpha value is -0.0500. The summed E-state index contributed by atoms with van der Waals surface area (Å²) in [6.07, 6.45) is 1.18. The predicted molar refractivity (Wildman–Crippen MR) is 53.6 cm³/mol. The van der Waals surface area contributed by atoms with Crippen molar-refractivity contribution in [3.8, 4) is 0 Å². The van der Waals surface area contributed by atoms with Gasteiger partial charge in [-0.1, -0.05) is 59.8 Å². The largest absolute Gasteiger partial charge is 0.0826 e. The van der Waals surface area contributed by atoms with Crippen molar-refractivity contribution in [3.05, 3.63) is 35.9 Å². The van der Waals surface area contributed by atoms with Gasteiger partial charge < -0.3 is 0 Å². The van der Waals surface area contributed by atoms with Crippen molar-refractivity contribution in [2.75, 3.05) is 0 Å². The van der Waals surface area contributed by atoms with Gasteiger partial charge in [0.25, 0.3) is 0 Å². The Bertz CT molecular complexity index is 179. The maximum absolute atomic E-state index is 2.45. The van der Waals surface area contributed by atoms with E-state index in [-0.39, 0.29) is 0 Å². The molecule has 1 unspecified atom stereocenters. The van der Waals surface area contributed by atoms with Crippen LogP contribution in [0.2, 0.25) is 0 Å². The number of alkyl halides is 1. The maximum atomic E-state index is 2.45. The Morgan fingerprint density at radius 3 is 2.40 bits per heavy atom. The average molecular weight is 246 g/mol. The summed E-state index contributed by atoms with van der Waals surface area (Å²) in [5, 5.41) is 0. The smallest absolute Gasteiger partial charge is 0.0122 e. The third-order valence-corrected chi connectivity index (χ3v) is 1.80. The second-order valence-electron chi connectivity index (χ2n) is 2.47. The molecule has 10 heavy (non-hydrogen) atoms. The monoisotopic (exact) mass is 246 g/mol. The van der Waals surface area contributed by atoms with E-state index in [0.29, 0.717) is 0 Å². The van der Waals surface area contributed by atoms with Gasteiger partial charge in [-0.25, -0.2) is 0 Å². The van der Waals surface area contributed by atoms with Crippen LogP contribution >= 0.6 is 22.6 Å². The summed E-state index contributed by atoms with van der Waals surface area (Å²) >= 11 is 2.45. The molecule has 0 saturated carbocycles. The number of hydrogen-bond donors (Lipinski definition) is 0. The second kappa shape index (κ2) is 3.96. The first kappa shape index (κ1) is 8.05. The van der Waals surface area contributed by atoms with Crippen LogP contribution in [0.5, 0.6) is 0 Å². The van der Waals surface area contributed by atoms with Crippen molar-refractivity contribution in [1.82, 2.24) is 0 Å². The Labute approximate surface area is 75.8 Å². The SMILES string of the molecule is CC(I)Cc1ccccc1. The molecular formula is C9H11I. The highest BCUT2D eigenvalue weighted by Gasteiger charge is 1.95. The fraction of sp³-hybridized carbons (Fsp3) is 0.333. The molecule has 0 spiro atoms. The van der Waals surface area contributed by atoms with Crippen LogP contribution in [0.4, 0.5) is 0 Å². The van der Waals surface area contributed by atoms with Crippen LogP contribution in [0.15, 0.2) is 30.3 Å². The van der Waals surface area contributed by atoms with Crippen molar-refractivity contribution in [1.29, 1.82) is 0 Å². The highest BCUT2D eigenvalue weighted by Crippen LogP contribution is 2.08. The zero-order chi connectivity index (χ0) is 7.40. The van der Waals surface area contributed by atoms with Gasteiger partial charge in [0.05, 0.1) is 0 Å². The van der Waals surface area contributed by atoms with E-state index < -0.39 is 0 Å². The zero-order valence-electron chi connectivity index (χ0n) is 6.05. The molecule has 0 bridgehead atoms. The molecule has 0 aliphatic carbocycles. The van der Waals surface area contributed by atoms with E-state index in [1.807, 2.05) is 0 Å². The van der Waals surface area contributed by atoms with E-state index >= 15 is 0 Å². The molecule has 1 aromatic rings. The molecule has 1 heteroatoms. The van der Waals surface area contributed by atoms with E-state index in [4.69, 9.17) is 0 Å². The first-order valence-corrected chi connectivity index (χ1v) is 4.71. The molecule has 0 saturated heterocycles. The molecule has 0 amide bonds. The Kier molecular flexibility index (Phi) is 3.19. The lowest BCUT2D eigenvalue weighted by Crippen LogP contribution is -1.94. The first-order valence-electron chi connectivity index (χ1n) is 3.47. The van der Waals surface area contributed by atoms with Crippen LogP contribution in [-0.4, -0.2) is 3.92 Å². The van der Waals surface area contributed by atoms with E-state index in [1.165, 1.54) is 12.0 Å². The van der Waals surface area contributed by atoms with Crippen molar-refractivity contribution in [2.24, 2.45) is 0 Å². The van der Waals surface area contributed by atoms with Crippen LogP contribution in [-0.2, 0) is 6.42 Å². The van der Waals surface area contributed by atoms with Gasteiger partial charge in [0.1, 0.15) is 0 Å². The quantitative estimate of drug-likeness (QED) is 0.555. The molecule has 54 valence electrons.